The minimum absolute atomic E-state index is 0.479. The van der Waals surface area contributed by atoms with Crippen LogP contribution in [0.2, 0.25) is 5.02 Å². The molecule has 4 nitrogen and oxygen atoms in total. The average molecular weight is 286 g/mol. The maximum absolute atomic E-state index is 5.86. The Morgan fingerprint density at radius 3 is 2.55 bits per heavy atom. The van der Waals surface area contributed by atoms with Gasteiger partial charge in [0.1, 0.15) is 0 Å². The van der Waals surface area contributed by atoms with Crippen molar-refractivity contribution in [2.45, 2.75) is 6.92 Å². The molecule has 0 amide bonds. The van der Waals surface area contributed by atoms with Gasteiger partial charge in [-0.05, 0) is 55.0 Å². The Hall–Kier alpha value is -2.33. The molecule has 0 bridgehead atoms. The molecule has 5 heteroatoms. The highest BCUT2D eigenvalue weighted by molar-refractivity contribution is 6.30. The molecule has 3 aromatic rings. The number of anilines is 1. The standard InChI is InChI=1S/C15H12ClN3O/c1-9-8-12(17)6-7-13(9)15-18-14(19-20-15)10-2-4-11(16)5-3-10/h2-8H,17H2,1H3. The van der Waals surface area contributed by atoms with Crippen LogP contribution in [-0.4, -0.2) is 10.1 Å². The zero-order valence-electron chi connectivity index (χ0n) is 10.8. The Morgan fingerprint density at radius 1 is 1.10 bits per heavy atom. The van der Waals surface area contributed by atoms with Crippen molar-refractivity contribution in [1.82, 2.24) is 10.1 Å². The highest BCUT2D eigenvalue weighted by Crippen LogP contribution is 2.26. The maximum atomic E-state index is 5.86. The fraction of sp³-hybridized carbons (Fsp3) is 0.0667. The number of benzene rings is 2. The van der Waals surface area contributed by atoms with E-state index < -0.39 is 0 Å². The number of halogens is 1. The molecule has 0 saturated carbocycles. The summed E-state index contributed by atoms with van der Waals surface area (Å²) >= 11 is 5.86. The number of rotatable bonds is 2. The zero-order valence-corrected chi connectivity index (χ0v) is 11.6. The van der Waals surface area contributed by atoms with E-state index in [1.54, 1.807) is 12.1 Å². The van der Waals surface area contributed by atoms with Crippen LogP contribution in [0.25, 0.3) is 22.8 Å². The van der Waals surface area contributed by atoms with Crippen molar-refractivity contribution in [2.75, 3.05) is 5.73 Å². The summed E-state index contributed by atoms with van der Waals surface area (Å²) in [5.41, 5.74) is 9.19. The van der Waals surface area contributed by atoms with E-state index in [1.165, 1.54) is 0 Å². The summed E-state index contributed by atoms with van der Waals surface area (Å²) in [6.07, 6.45) is 0. The first-order chi connectivity index (χ1) is 9.63. The summed E-state index contributed by atoms with van der Waals surface area (Å²) in [4.78, 5) is 4.41. The van der Waals surface area contributed by atoms with Gasteiger partial charge in [-0.25, -0.2) is 0 Å². The summed E-state index contributed by atoms with van der Waals surface area (Å²) in [5.74, 6) is 1.01. The Labute approximate surface area is 121 Å². The first kappa shape index (κ1) is 12.7. The van der Waals surface area contributed by atoms with Crippen LogP contribution >= 0.6 is 11.6 Å². The molecule has 1 heterocycles. The maximum Gasteiger partial charge on any atom is 0.258 e. The number of nitrogen functional groups attached to an aromatic ring is 1. The van der Waals surface area contributed by atoms with Gasteiger partial charge >= 0.3 is 0 Å². The first-order valence-electron chi connectivity index (χ1n) is 6.09. The van der Waals surface area contributed by atoms with E-state index >= 15 is 0 Å². The minimum atomic E-state index is 0.479. The van der Waals surface area contributed by atoms with E-state index in [2.05, 4.69) is 10.1 Å². The molecule has 1 aromatic heterocycles. The van der Waals surface area contributed by atoms with Gasteiger partial charge in [-0.2, -0.15) is 4.98 Å². The third kappa shape index (κ3) is 2.38. The number of hydrogen-bond acceptors (Lipinski definition) is 4. The lowest BCUT2D eigenvalue weighted by Gasteiger charge is -2.01. The van der Waals surface area contributed by atoms with Crippen molar-refractivity contribution >= 4 is 17.3 Å². The molecule has 0 unspecified atom stereocenters. The van der Waals surface area contributed by atoms with Gasteiger partial charge in [0, 0.05) is 21.8 Å². The highest BCUT2D eigenvalue weighted by Gasteiger charge is 2.12. The molecular formula is C15H12ClN3O. The third-order valence-corrected chi connectivity index (χ3v) is 3.26. The fourth-order valence-corrected chi connectivity index (χ4v) is 2.10. The topological polar surface area (TPSA) is 64.9 Å². The van der Waals surface area contributed by atoms with Crippen molar-refractivity contribution in [1.29, 1.82) is 0 Å². The number of nitrogens with two attached hydrogens (primary N) is 1. The second-order valence-corrected chi connectivity index (χ2v) is 4.94. The Bertz CT molecular complexity index is 750. The van der Waals surface area contributed by atoms with Gasteiger partial charge in [0.05, 0.1) is 0 Å². The van der Waals surface area contributed by atoms with Gasteiger partial charge < -0.3 is 10.3 Å². The molecule has 0 aliphatic heterocycles. The second-order valence-electron chi connectivity index (χ2n) is 4.50. The van der Waals surface area contributed by atoms with Crippen LogP contribution in [0.4, 0.5) is 5.69 Å². The SMILES string of the molecule is Cc1cc(N)ccc1-c1nc(-c2ccc(Cl)cc2)no1. The van der Waals surface area contributed by atoms with E-state index in [1.807, 2.05) is 37.3 Å². The fourth-order valence-electron chi connectivity index (χ4n) is 1.98. The molecule has 0 fully saturated rings. The average Bonchev–Trinajstić information content (AvgIpc) is 2.89. The van der Waals surface area contributed by atoms with E-state index in [-0.39, 0.29) is 0 Å². The van der Waals surface area contributed by atoms with Crippen molar-refractivity contribution in [3.63, 3.8) is 0 Å². The van der Waals surface area contributed by atoms with Crippen molar-refractivity contribution < 1.29 is 4.52 Å². The summed E-state index contributed by atoms with van der Waals surface area (Å²) in [7, 11) is 0. The molecule has 2 N–H and O–H groups in total. The van der Waals surface area contributed by atoms with E-state index in [9.17, 15) is 0 Å². The van der Waals surface area contributed by atoms with Crippen LogP contribution in [-0.2, 0) is 0 Å². The Kier molecular flexibility index (Phi) is 3.16. The molecule has 100 valence electrons. The predicted molar refractivity (Wildman–Crippen MR) is 79.3 cm³/mol. The van der Waals surface area contributed by atoms with Crippen LogP contribution < -0.4 is 5.73 Å². The van der Waals surface area contributed by atoms with Crippen LogP contribution in [0.5, 0.6) is 0 Å². The Morgan fingerprint density at radius 2 is 1.85 bits per heavy atom. The summed E-state index contributed by atoms with van der Waals surface area (Å²) in [6.45, 7) is 1.96. The number of aromatic nitrogens is 2. The monoisotopic (exact) mass is 285 g/mol. The van der Waals surface area contributed by atoms with Crippen LogP contribution in [0, 0.1) is 6.92 Å². The van der Waals surface area contributed by atoms with Gasteiger partial charge in [-0.1, -0.05) is 16.8 Å². The second kappa shape index (κ2) is 4.98. The van der Waals surface area contributed by atoms with Crippen LogP contribution in [0.1, 0.15) is 5.56 Å². The molecule has 0 spiro atoms. The van der Waals surface area contributed by atoms with Gasteiger partial charge in [0.2, 0.25) is 5.82 Å². The normalized spacial score (nSPS) is 10.7. The lowest BCUT2D eigenvalue weighted by Crippen LogP contribution is -1.88. The number of aryl methyl sites for hydroxylation is 1. The lowest BCUT2D eigenvalue weighted by atomic mass is 10.1. The van der Waals surface area contributed by atoms with Gasteiger partial charge in [-0.3, -0.25) is 0 Å². The molecule has 0 aliphatic rings. The predicted octanol–water partition coefficient (Wildman–Crippen LogP) is 3.95. The summed E-state index contributed by atoms with van der Waals surface area (Å²) in [5, 5.41) is 4.67. The third-order valence-electron chi connectivity index (χ3n) is 3.01. The van der Waals surface area contributed by atoms with Crippen molar-refractivity contribution in [3.05, 3.63) is 53.1 Å². The Balaban J connectivity index is 1.99. The van der Waals surface area contributed by atoms with E-state index in [4.69, 9.17) is 21.9 Å². The van der Waals surface area contributed by atoms with Gasteiger partial charge in [-0.15, -0.1) is 0 Å². The molecule has 2 aromatic carbocycles. The van der Waals surface area contributed by atoms with Crippen molar-refractivity contribution in [2.24, 2.45) is 0 Å². The molecule has 3 rings (SSSR count). The molecule has 20 heavy (non-hydrogen) atoms. The van der Waals surface area contributed by atoms with Crippen LogP contribution in [0.3, 0.4) is 0 Å². The first-order valence-corrected chi connectivity index (χ1v) is 6.47. The number of hydrogen-bond donors (Lipinski definition) is 1. The summed E-state index contributed by atoms with van der Waals surface area (Å²) < 4.78 is 5.32. The molecule has 0 radical (unpaired) electrons. The number of nitrogens with zero attached hydrogens (tertiary/aromatic N) is 2. The molecule has 0 saturated heterocycles. The van der Waals surface area contributed by atoms with Crippen molar-refractivity contribution in [3.8, 4) is 22.8 Å². The van der Waals surface area contributed by atoms with Gasteiger partial charge in [0.15, 0.2) is 0 Å². The minimum Gasteiger partial charge on any atom is -0.399 e. The lowest BCUT2D eigenvalue weighted by molar-refractivity contribution is 0.432. The zero-order chi connectivity index (χ0) is 14.1. The highest BCUT2D eigenvalue weighted by atomic mass is 35.5. The molecule has 0 atom stereocenters. The smallest absolute Gasteiger partial charge is 0.258 e. The van der Waals surface area contributed by atoms with E-state index in [0.29, 0.717) is 22.4 Å². The summed E-state index contributed by atoms with van der Waals surface area (Å²) in [6, 6.07) is 12.9. The van der Waals surface area contributed by atoms with E-state index in [0.717, 1.165) is 16.7 Å². The quantitative estimate of drug-likeness (QED) is 0.724. The molecular weight excluding hydrogens is 274 g/mol. The van der Waals surface area contributed by atoms with Gasteiger partial charge in [0.25, 0.3) is 5.89 Å². The largest absolute Gasteiger partial charge is 0.399 e. The molecule has 0 aliphatic carbocycles. The van der Waals surface area contributed by atoms with Crippen LogP contribution in [0.15, 0.2) is 47.0 Å².